The lowest BCUT2D eigenvalue weighted by Crippen LogP contribution is -2.18. The lowest BCUT2D eigenvalue weighted by atomic mass is 10.1. The van der Waals surface area contributed by atoms with Gasteiger partial charge in [-0.1, -0.05) is 18.2 Å². The van der Waals surface area contributed by atoms with E-state index in [2.05, 4.69) is 4.74 Å². The Labute approximate surface area is 96.3 Å². The fourth-order valence-electron chi connectivity index (χ4n) is 1.16. The molecule has 0 fully saturated rings. The summed E-state index contributed by atoms with van der Waals surface area (Å²) in [5, 5.41) is 8.55. The van der Waals surface area contributed by atoms with Crippen molar-refractivity contribution in [3.63, 3.8) is 0 Å². The average molecular weight is 247 g/mol. The fraction of sp³-hybridized carbons (Fsp3) is 0.273. The maximum absolute atomic E-state index is 12.0. The van der Waals surface area contributed by atoms with Crippen LogP contribution in [0.5, 0.6) is 5.75 Å². The van der Waals surface area contributed by atoms with Crippen molar-refractivity contribution in [2.75, 3.05) is 12.3 Å². The summed E-state index contributed by atoms with van der Waals surface area (Å²) in [5.41, 5.74) is 5.80. The van der Waals surface area contributed by atoms with Crippen LogP contribution in [0.3, 0.4) is 0 Å². The van der Waals surface area contributed by atoms with Crippen molar-refractivity contribution in [2.45, 2.75) is 12.8 Å². The van der Waals surface area contributed by atoms with E-state index in [1.54, 1.807) is 18.2 Å². The molecule has 1 aromatic rings. The molecule has 6 heteroatoms. The van der Waals surface area contributed by atoms with E-state index < -0.39 is 12.1 Å². The van der Waals surface area contributed by atoms with Gasteiger partial charge in [-0.3, -0.25) is 0 Å². The average Bonchev–Trinajstić information content (AvgIpc) is 2.21. The van der Waals surface area contributed by atoms with Crippen LogP contribution >= 0.6 is 0 Å². The second-order valence-corrected chi connectivity index (χ2v) is 3.26. The number of aliphatic hydroxyl groups excluding tert-OH is 1. The van der Waals surface area contributed by atoms with Crippen LogP contribution in [0.15, 0.2) is 24.3 Å². The van der Waals surface area contributed by atoms with Gasteiger partial charge in [0.2, 0.25) is 0 Å². The van der Waals surface area contributed by atoms with Crippen LogP contribution in [0, 0.1) is 0 Å². The molecule has 0 saturated heterocycles. The largest absolute Gasteiger partial charge is 0.573 e. The molecule has 94 valence electrons. The monoisotopic (exact) mass is 247 g/mol. The summed E-state index contributed by atoms with van der Waals surface area (Å²) < 4.78 is 39.9. The highest BCUT2D eigenvalue weighted by atomic mass is 19.4. The number of hydrogen-bond acceptors (Lipinski definition) is 3. The Balaban J connectivity index is 2.87. The van der Waals surface area contributed by atoms with Crippen LogP contribution in [0.2, 0.25) is 0 Å². The number of alkyl halides is 3. The highest BCUT2D eigenvalue weighted by Crippen LogP contribution is 2.29. The van der Waals surface area contributed by atoms with Crippen LogP contribution in [-0.2, 0) is 0 Å². The first-order valence-corrected chi connectivity index (χ1v) is 4.85. The molecule has 0 atom stereocenters. The van der Waals surface area contributed by atoms with E-state index in [4.69, 9.17) is 10.8 Å². The van der Waals surface area contributed by atoms with Crippen molar-refractivity contribution in [3.8, 4) is 5.75 Å². The SMILES string of the molecule is Nc1ccc(C=CCCO)cc1OC(F)(F)F. The molecule has 3 nitrogen and oxygen atoms in total. The Morgan fingerprint density at radius 2 is 2.06 bits per heavy atom. The Morgan fingerprint density at radius 3 is 2.65 bits per heavy atom. The molecule has 0 aliphatic carbocycles. The second-order valence-electron chi connectivity index (χ2n) is 3.26. The molecule has 0 bridgehead atoms. The maximum Gasteiger partial charge on any atom is 0.573 e. The summed E-state index contributed by atoms with van der Waals surface area (Å²) in [7, 11) is 0. The summed E-state index contributed by atoms with van der Waals surface area (Å²) >= 11 is 0. The molecule has 3 N–H and O–H groups in total. The highest BCUT2D eigenvalue weighted by Gasteiger charge is 2.31. The fourth-order valence-corrected chi connectivity index (χ4v) is 1.16. The summed E-state index contributed by atoms with van der Waals surface area (Å²) in [6, 6.07) is 4.09. The molecule has 17 heavy (non-hydrogen) atoms. The minimum atomic E-state index is -4.76. The molecule has 1 rings (SSSR count). The van der Waals surface area contributed by atoms with Gasteiger partial charge in [0.25, 0.3) is 0 Å². The summed E-state index contributed by atoms with van der Waals surface area (Å²) in [5.74, 6) is -0.427. The molecular formula is C11H12F3NO2. The predicted octanol–water partition coefficient (Wildman–Crippen LogP) is 2.56. The number of rotatable bonds is 4. The Morgan fingerprint density at radius 1 is 1.35 bits per heavy atom. The zero-order valence-electron chi connectivity index (χ0n) is 8.87. The van der Waals surface area contributed by atoms with Gasteiger partial charge in [0.1, 0.15) is 0 Å². The Hall–Kier alpha value is -1.69. The first-order valence-electron chi connectivity index (χ1n) is 4.85. The molecule has 0 radical (unpaired) electrons. The molecule has 0 heterocycles. The first-order chi connectivity index (χ1) is 7.92. The highest BCUT2D eigenvalue weighted by molar-refractivity contribution is 5.61. The Bertz CT molecular complexity index is 402. The smallest absolute Gasteiger partial charge is 0.404 e. The standard InChI is InChI=1S/C11H12F3NO2/c12-11(13,14)17-10-7-8(3-1-2-6-16)4-5-9(10)15/h1,3-5,7,16H,2,6,15H2. The van der Waals surface area contributed by atoms with Gasteiger partial charge in [0, 0.05) is 6.61 Å². The van der Waals surface area contributed by atoms with Crippen molar-refractivity contribution >= 4 is 11.8 Å². The topological polar surface area (TPSA) is 55.5 Å². The number of aliphatic hydroxyl groups is 1. The second kappa shape index (κ2) is 5.58. The summed E-state index contributed by atoms with van der Waals surface area (Å²) in [6.45, 7) is -0.0165. The van der Waals surface area contributed by atoms with Crippen molar-refractivity contribution in [1.29, 1.82) is 0 Å². The lowest BCUT2D eigenvalue weighted by Gasteiger charge is -2.11. The van der Waals surface area contributed by atoms with Gasteiger partial charge in [-0.05, 0) is 24.1 Å². The minimum Gasteiger partial charge on any atom is -0.404 e. The molecule has 0 aliphatic heterocycles. The van der Waals surface area contributed by atoms with Crippen molar-refractivity contribution < 1.29 is 23.0 Å². The molecule has 1 aromatic carbocycles. The van der Waals surface area contributed by atoms with Crippen molar-refractivity contribution in [3.05, 3.63) is 29.8 Å². The van der Waals surface area contributed by atoms with Crippen LogP contribution < -0.4 is 10.5 Å². The molecule has 0 aromatic heterocycles. The van der Waals surface area contributed by atoms with E-state index >= 15 is 0 Å². The summed E-state index contributed by atoms with van der Waals surface area (Å²) in [6.07, 6.45) is -1.11. The van der Waals surface area contributed by atoms with Gasteiger partial charge in [-0.15, -0.1) is 13.2 Å². The van der Waals surface area contributed by atoms with Crippen molar-refractivity contribution in [1.82, 2.24) is 0 Å². The lowest BCUT2D eigenvalue weighted by molar-refractivity contribution is -0.274. The number of ether oxygens (including phenoxy) is 1. The zero-order chi connectivity index (χ0) is 12.9. The van der Waals surface area contributed by atoms with Gasteiger partial charge in [0.05, 0.1) is 5.69 Å². The zero-order valence-corrected chi connectivity index (χ0v) is 8.87. The first kappa shape index (κ1) is 13.4. The van der Waals surface area contributed by atoms with Gasteiger partial charge in [0.15, 0.2) is 5.75 Å². The van der Waals surface area contributed by atoms with E-state index in [9.17, 15) is 13.2 Å². The summed E-state index contributed by atoms with van der Waals surface area (Å²) in [4.78, 5) is 0. The number of halogens is 3. The molecule has 0 amide bonds. The number of anilines is 1. The van der Waals surface area contributed by atoms with Gasteiger partial charge >= 0.3 is 6.36 Å². The van der Waals surface area contributed by atoms with E-state index in [1.165, 1.54) is 12.1 Å². The number of benzene rings is 1. The quantitative estimate of drug-likeness (QED) is 0.804. The van der Waals surface area contributed by atoms with Gasteiger partial charge in [-0.2, -0.15) is 0 Å². The molecule has 0 saturated carbocycles. The van der Waals surface area contributed by atoms with Crippen LogP contribution in [0.25, 0.3) is 6.08 Å². The van der Waals surface area contributed by atoms with Gasteiger partial charge in [-0.25, -0.2) is 0 Å². The molecule has 0 unspecified atom stereocenters. The third-order valence-electron chi connectivity index (χ3n) is 1.87. The number of nitrogen functional groups attached to an aromatic ring is 1. The van der Waals surface area contributed by atoms with E-state index in [0.717, 1.165) is 0 Å². The van der Waals surface area contributed by atoms with Crippen LogP contribution in [-0.4, -0.2) is 18.1 Å². The minimum absolute atomic E-state index is 0.0165. The van der Waals surface area contributed by atoms with E-state index in [-0.39, 0.29) is 12.3 Å². The number of nitrogens with two attached hydrogens (primary N) is 1. The van der Waals surface area contributed by atoms with Crippen molar-refractivity contribution in [2.24, 2.45) is 0 Å². The van der Waals surface area contributed by atoms with E-state index in [0.29, 0.717) is 12.0 Å². The van der Waals surface area contributed by atoms with Crippen LogP contribution in [0.1, 0.15) is 12.0 Å². The van der Waals surface area contributed by atoms with Crippen LogP contribution in [0.4, 0.5) is 18.9 Å². The molecular weight excluding hydrogens is 235 g/mol. The number of hydrogen-bond donors (Lipinski definition) is 2. The molecule has 0 aliphatic rings. The third-order valence-corrected chi connectivity index (χ3v) is 1.87. The third kappa shape index (κ3) is 4.78. The predicted molar refractivity (Wildman–Crippen MR) is 58.3 cm³/mol. The Kier molecular flexibility index (Phi) is 4.39. The maximum atomic E-state index is 12.0. The molecule has 0 spiro atoms. The normalized spacial score (nSPS) is 12.0. The van der Waals surface area contributed by atoms with Gasteiger partial charge < -0.3 is 15.6 Å². The van der Waals surface area contributed by atoms with E-state index in [1.807, 2.05) is 0 Å².